The number of hydrogen-bond donors (Lipinski definition) is 2. The lowest BCUT2D eigenvalue weighted by atomic mass is 10.1. The minimum absolute atomic E-state index is 0.916. The smallest absolute Gasteiger partial charge is 0.0738 e. The Balaban J connectivity index is 1.49. The third-order valence-corrected chi connectivity index (χ3v) is 10.7. The summed E-state index contributed by atoms with van der Waals surface area (Å²) < 4.78 is 0. The summed E-state index contributed by atoms with van der Waals surface area (Å²) in [5.41, 5.74) is 16.8. The van der Waals surface area contributed by atoms with Crippen LogP contribution in [0.25, 0.3) is 90.9 Å². The fourth-order valence-electron chi connectivity index (χ4n) is 6.05. The van der Waals surface area contributed by atoms with Gasteiger partial charge in [0.2, 0.25) is 0 Å². The zero-order valence-corrected chi connectivity index (χ0v) is 26.3. The van der Waals surface area contributed by atoms with E-state index in [1.54, 1.807) is 45.3 Å². The van der Waals surface area contributed by atoms with Gasteiger partial charge in [-0.15, -0.1) is 0 Å². The summed E-state index contributed by atoms with van der Waals surface area (Å²) in [6, 6.07) is 17.4. The molecule has 0 saturated heterocycles. The number of fused-ring (bicyclic) bond motifs is 8. The van der Waals surface area contributed by atoms with E-state index in [1.807, 2.05) is 0 Å². The Hall–Kier alpha value is -4.60. The second-order valence-electron chi connectivity index (χ2n) is 10.6. The molecule has 7 aromatic rings. The molecule has 9 heterocycles. The fourth-order valence-corrected chi connectivity index (χ4v) is 8.63. The topological polar surface area (TPSA) is 57.4 Å². The highest BCUT2D eigenvalue weighted by molar-refractivity contribution is 7.09. The highest BCUT2D eigenvalue weighted by Gasteiger charge is 2.19. The van der Waals surface area contributed by atoms with Crippen molar-refractivity contribution >= 4 is 91.7 Å². The highest BCUT2D eigenvalue weighted by atomic mass is 32.1. The number of aromatic nitrogens is 4. The minimum Gasteiger partial charge on any atom is -0.354 e. The van der Waals surface area contributed by atoms with Crippen LogP contribution in [0.5, 0.6) is 0 Å². The van der Waals surface area contributed by atoms with Crippen molar-refractivity contribution in [3.8, 4) is 44.5 Å². The number of H-pyrrole nitrogens is 2. The molecule has 8 heteroatoms. The maximum absolute atomic E-state index is 5.29. The van der Waals surface area contributed by atoms with Crippen LogP contribution in [0.1, 0.15) is 22.8 Å². The molecular weight excluding hydrogens is 617 g/mol. The quantitative estimate of drug-likeness (QED) is 0.201. The van der Waals surface area contributed by atoms with E-state index < -0.39 is 0 Å². The summed E-state index contributed by atoms with van der Waals surface area (Å²) in [6.07, 6.45) is 8.55. The Morgan fingerprint density at radius 3 is 1.05 bits per heavy atom. The number of nitrogens with zero attached hydrogens (tertiary/aromatic N) is 2. The monoisotopic (exact) mass is 638 g/mol. The molecule has 2 N–H and O–H groups in total. The first-order valence-electron chi connectivity index (χ1n) is 14.1. The number of nitrogens with one attached hydrogen (secondary N) is 2. The first-order valence-corrected chi connectivity index (χ1v) is 17.8. The zero-order chi connectivity index (χ0) is 29.0. The molecule has 44 heavy (non-hydrogen) atoms. The van der Waals surface area contributed by atoms with E-state index in [0.29, 0.717) is 0 Å². The molecule has 8 bridgehead atoms. The van der Waals surface area contributed by atoms with Gasteiger partial charge in [0.1, 0.15) is 0 Å². The normalized spacial score (nSPS) is 12.4. The molecule has 0 saturated carbocycles. The number of rotatable bonds is 4. The molecule has 0 unspecified atom stereocenters. The molecule has 0 fully saturated rings. The van der Waals surface area contributed by atoms with Crippen molar-refractivity contribution in [3.63, 3.8) is 0 Å². The Labute approximate surface area is 269 Å². The van der Waals surface area contributed by atoms with Crippen LogP contribution in [0.4, 0.5) is 0 Å². The lowest BCUT2D eigenvalue weighted by Gasteiger charge is -2.04. The highest BCUT2D eigenvalue weighted by Crippen LogP contribution is 2.39. The molecule has 0 spiro atoms. The second kappa shape index (κ2) is 10.5. The van der Waals surface area contributed by atoms with Gasteiger partial charge in [-0.2, -0.15) is 45.3 Å². The third-order valence-electron chi connectivity index (χ3n) is 7.99. The van der Waals surface area contributed by atoms with Gasteiger partial charge < -0.3 is 9.97 Å². The molecule has 210 valence electrons. The van der Waals surface area contributed by atoms with Gasteiger partial charge in [0.25, 0.3) is 0 Å². The van der Waals surface area contributed by atoms with Gasteiger partial charge in [-0.1, -0.05) is 0 Å². The number of thiophene rings is 4. The van der Waals surface area contributed by atoms with Gasteiger partial charge in [0.05, 0.1) is 22.8 Å². The Kier molecular flexibility index (Phi) is 6.19. The molecule has 0 aromatic carbocycles. The van der Waals surface area contributed by atoms with Gasteiger partial charge in [0, 0.05) is 44.3 Å². The van der Waals surface area contributed by atoms with Crippen molar-refractivity contribution in [2.24, 2.45) is 0 Å². The average Bonchev–Trinajstić information content (AvgIpc) is 3.90. The van der Waals surface area contributed by atoms with Gasteiger partial charge in [0.15, 0.2) is 0 Å². The molecule has 0 atom stereocenters. The van der Waals surface area contributed by atoms with Crippen LogP contribution >= 0.6 is 45.3 Å². The van der Waals surface area contributed by atoms with Crippen LogP contribution in [0.3, 0.4) is 0 Å². The van der Waals surface area contributed by atoms with Crippen molar-refractivity contribution < 1.29 is 0 Å². The molecule has 4 nitrogen and oxygen atoms in total. The van der Waals surface area contributed by atoms with Crippen molar-refractivity contribution in [1.29, 1.82) is 0 Å². The first-order chi connectivity index (χ1) is 21.8. The largest absolute Gasteiger partial charge is 0.354 e. The molecule has 0 aliphatic carbocycles. The summed E-state index contributed by atoms with van der Waals surface area (Å²) >= 11 is 6.78. The third kappa shape index (κ3) is 4.30. The van der Waals surface area contributed by atoms with Crippen LogP contribution in [0.15, 0.2) is 91.6 Å². The standard InChI is InChI=1S/C36H22N4S4/c1-2-26-34(22-10-14-42-18-22)28-5-6-30(39-28)36(24-12-16-44-20-24)32-8-7-31(40-32)35(23-11-15-43-19-23)29-4-3-27(38-29)33(25(1)37-26)21-9-13-41-17-21/h1-20,37-38H. The summed E-state index contributed by atoms with van der Waals surface area (Å²) in [5, 5.41) is 17.3. The fraction of sp³-hybridized carbons (Fsp3) is 0. The Morgan fingerprint density at radius 1 is 0.364 bits per heavy atom. The molecule has 2 aliphatic heterocycles. The molecule has 9 rings (SSSR count). The van der Waals surface area contributed by atoms with Crippen LogP contribution in [-0.2, 0) is 0 Å². The van der Waals surface area contributed by atoms with Crippen molar-refractivity contribution in [3.05, 3.63) is 114 Å². The van der Waals surface area contributed by atoms with Crippen molar-refractivity contribution in [2.45, 2.75) is 0 Å². The van der Waals surface area contributed by atoms with Gasteiger partial charge >= 0.3 is 0 Å². The van der Waals surface area contributed by atoms with E-state index in [-0.39, 0.29) is 0 Å². The van der Waals surface area contributed by atoms with E-state index in [9.17, 15) is 0 Å². The van der Waals surface area contributed by atoms with Crippen LogP contribution in [0.2, 0.25) is 0 Å². The lowest BCUT2D eigenvalue weighted by molar-refractivity contribution is 1.28. The summed E-state index contributed by atoms with van der Waals surface area (Å²) in [4.78, 5) is 18.2. The predicted octanol–water partition coefficient (Wildman–Crippen LogP) is 11.6. The SMILES string of the molecule is C1=Cc2nc1c(-c1ccsc1)c1nc(c(-c3ccsc3)c3ccc([nH]3)c(-c3ccsc3)c3ccc([nH]3)c2-c2ccsc2)C=C1. The van der Waals surface area contributed by atoms with Crippen LogP contribution in [-0.4, -0.2) is 19.9 Å². The van der Waals surface area contributed by atoms with E-state index in [1.165, 1.54) is 5.56 Å². The summed E-state index contributed by atoms with van der Waals surface area (Å²) in [7, 11) is 0. The minimum atomic E-state index is 0.916. The Bertz CT molecular complexity index is 2230. The molecule has 7 aromatic heterocycles. The van der Waals surface area contributed by atoms with Gasteiger partial charge in [-0.3, -0.25) is 0 Å². The van der Waals surface area contributed by atoms with E-state index in [4.69, 9.17) is 9.97 Å². The molecular formula is C36H22N4S4. The van der Waals surface area contributed by atoms with Gasteiger partial charge in [-0.05, 0) is 138 Å². The first kappa shape index (κ1) is 25.9. The van der Waals surface area contributed by atoms with Crippen LogP contribution < -0.4 is 0 Å². The maximum atomic E-state index is 5.29. The zero-order valence-electron chi connectivity index (χ0n) is 23.1. The number of aromatic amines is 2. The molecule has 0 radical (unpaired) electrons. The van der Waals surface area contributed by atoms with Gasteiger partial charge in [-0.25, -0.2) is 9.97 Å². The average molecular weight is 639 g/mol. The summed E-state index contributed by atoms with van der Waals surface area (Å²) in [6.45, 7) is 0. The number of hydrogen-bond acceptors (Lipinski definition) is 6. The van der Waals surface area contributed by atoms with Crippen molar-refractivity contribution in [1.82, 2.24) is 19.9 Å². The predicted molar refractivity (Wildman–Crippen MR) is 192 cm³/mol. The van der Waals surface area contributed by atoms with E-state index in [2.05, 4.69) is 126 Å². The van der Waals surface area contributed by atoms with Crippen molar-refractivity contribution in [2.75, 3.05) is 0 Å². The lowest BCUT2D eigenvalue weighted by Crippen LogP contribution is -1.89. The van der Waals surface area contributed by atoms with E-state index >= 15 is 0 Å². The van der Waals surface area contributed by atoms with E-state index in [0.717, 1.165) is 83.8 Å². The van der Waals surface area contributed by atoms with Crippen LogP contribution in [0, 0.1) is 0 Å². The molecule has 0 amide bonds. The Morgan fingerprint density at radius 2 is 0.682 bits per heavy atom. The maximum Gasteiger partial charge on any atom is 0.0738 e. The second-order valence-corrected chi connectivity index (χ2v) is 13.7. The summed E-state index contributed by atoms with van der Waals surface area (Å²) in [5.74, 6) is 0. The molecule has 2 aliphatic rings.